The van der Waals surface area contributed by atoms with Crippen molar-refractivity contribution < 1.29 is 15.3 Å². The summed E-state index contributed by atoms with van der Waals surface area (Å²) in [5, 5.41) is 28.4. The van der Waals surface area contributed by atoms with Gasteiger partial charge in [-0.25, -0.2) is 0 Å². The predicted octanol–water partition coefficient (Wildman–Crippen LogP) is 0.0913. The summed E-state index contributed by atoms with van der Waals surface area (Å²) in [4.78, 5) is 0. The summed E-state index contributed by atoms with van der Waals surface area (Å²) in [7, 11) is 0. The molecule has 78 valence electrons. The zero-order valence-corrected chi connectivity index (χ0v) is 8.97. The molecule has 1 rings (SSSR count). The SMILES string of the molecule is CC1(CO)CSCC(C)(CO)C1O. The van der Waals surface area contributed by atoms with Crippen LogP contribution in [0, 0.1) is 10.8 Å². The Hall–Kier alpha value is 0.230. The molecule has 0 aromatic carbocycles. The van der Waals surface area contributed by atoms with Gasteiger partial charge in [-0.05, 0) is 0 Å². The summed E-state index contributed by atoms with van der Waals surface area (Å²) in [6, 6.07) is 0. The van der Waals surface area contributed by atoms with Crippen LogP contribution in [-0.2, 0) is 0 Å². The molecule has 0 amide bonds. The fourth-order valence-corrected chi connectivity index (χ4v) is 3.31. The van der Waals surface area contributed by atoms with Crippen molar-refractivity contribution in [2.45, 2.75) is 20.0 Å². The molecular weight excluding hydrogens is 188 g/mol. The molecule has 0 aliphatic carbocycles. The van der Waals surface area contributed by atoms with Crippen LogP contribution in [0.3, 0.4) is 0 Å². The van der Waals surface area contributed by atoms with Crippen LogP contribution in [0.4, 0.5) is 0 Å². The minimum atomic E-state index is -0.628. The number of hydrogen-bond donors (Lipinski definition) is 3. The number of hydrogen-bond acceptors (Lipinski definition) is 4. The maximum Gasteiger partial charge on any atom is 0.0707 e. The molecule has 2 unspecified atom stereocenters. The Morgan fingerprint density at radius 2 is 1.54 bits per heavy atom. The molecule has 0 aromatic heterocycles. The van der Waals surface area contributed by atoms with Gasteiger partial charge in [-0.3, -0.25) is 0 Å². The van der Waals surface area contributed by atoms with Gasteiger partial charge in [-0.15, -0.1) is 0 Å². The highest BCUT2D eigenvalue weighted by atomic mass is 32.2. The number of aliphatic hydroxyl groups is 3. The van der Waals surface area contributed by atoms with Crippen molar-refractivity contribution in [3.05, 3.63) is 0 Å². The quantitative estimate of drug-likeness (QED) is 0.599. The van der Waals surface area contributed by atoms with E-state index in [1.54, 1.807) is 11.8 Å². The molecule has 1 heterocycles. The Kier molecular flexibility index (Phi) is 3.28. The molecule has 3 N–H and O–H groups in total. The lowest BCUT2D eigenvalue weighted by Crippen LogP contribution is -2.54. The molecule has 4 heteroatoms. The van der Waals surface area contributed by atoms with Gasteiger partial charge in [-0.2, -0.15) is 11.8 Å². The maximum absolute atomic E-state index is 10.0. The Labute approximate surface area is 83.2 Å². The molecule has 3 nitrogen and oxygen atoms in total. The van der Waals surface area contributed by atoms with Crippen LogP contribution < -0.4 is 0 Å². The molecule has 2 atom stereocenters. The van der Waals surface area contributed by atoms with Crippen LogP contribution in [0.1, 0.15) is 13.8 Å². The summed E-state index contributed by atoms with van der Waals surface area (Å²) in [6.45, 7) is 3.66. The predicted molar refractivity (Wildman–Crippen MR) is 53.7 cm³/mol. The highest BCUT2D eigenvalue weighted by molar-refractivity contribution is 7.99. The maximum atomic E-state index is 10.0. The standard InChI is InChI=1S/C9H18O3S/c1-8(3-10)5-13-6-9(2,4-11)7(8)12/h7,10-12H,3-6H2,1-2H3. The summed E-state index contributed by atoms with van der Waals surface area (Å²) < 4.78 is 0. The molecule has 0 spiro atoms. The number of aliphatic hydroxyl groups excluding tert-OH is 3. The van der Waals surface area contributed by atoms with Gasteiger partial charge in [0.2, 0.25) is 0 Å². The summed E-state index contributed by atoms with van der Waals surface area (Å²) in [6.07, 6.45) is -0.628. The van der Waals surface area contributed by atoms with Crippen molar-refractivity contribution >= 4 is 11.8 Å². The Bertz CT molecular complexity index is 170. The normalized spacial score (nSPS) is 46.4. The Morgan fingerprint density at radius 1 is 1.15 bits per heavy atom. The van der Waals surface area contributed by atoms with E-state index in [1.807, 2.05) is 13.8 Å². The largest absolute Gasteiger partial charge is 0.396 e. The minimum Gasteiger partial charge on any atom is -0.396 e. The van der Waals surface area contributed by atoms with E-state index in [0.717, 1.165) is 11.5 Å². The van der Waals surface area contributed by atoms with E-state index in [1.165, 1.54) is 0 Å². The average Bonchev–Trinajstić information content (AvgIpc) is 2.14. The van der Waals surface area contributed by atoms with Crippen LogP contribution in [0.15, 0.2) is 0 Å². The Balaban J connectivity index is 2.83. The molecule has 0 radical (unpaired) electrons. The van der Waals surface area contributed by atoms with E-state index in [-0.39, 0.29) is 13.2 Å². The van der Waals surface area contributed by atoms with E-state index in [9.17, 15) is 15.3 Å². The molecule has 1 aliphatic heterocycles. The van der Waals surface area contributed by atoms with E-state index < -0.39 is 16.9 Å². The van der Waals surface area contributed by atoms with Gasteiger partial charge in [0, 0.05) is 22.3 Å². The van der Waals surface area contributed by atoms with E-state index >= 15 is 0 Å². The van der Waals surface area contributed by atoms with E-state index in [2.05, 4.69) is 0 Å². The topological polar surface area (TPSA) is 60.7 Å². The van der Waals surface area contributed by atoms with Gasteiger partial charge in [0.05, 0.1) is 19.3 Å². The second kappa shape index (κ2) is 3.77. The van der Waals surface area contributed by atoms with Crippen molar-refractivity contribution in [1.82, 2.24) is 0 Å². The van der Waals surface area contributed by atoms with E-state index in [4.69, 9.17) is 0 Å². The van der Waals surface area contributed by atoms with Crippen LogP contribution in [0.25, 0.3) is 0 Å². The fraction of sp³-hybridized carbons (Fsp3) is 1.00. The fourth-order valence-electron chi connectivity index (χ4n) is 1.78. The molecule has 0 bridgehead atoms. The third-order valence-corrected chi connectivity index (χ3v) is 4.63. The first-order chi connectivity index (χ1) is 5.98. The lowest BCUT2D eigenvalue weighted by Gasteiger charge is -2.47. The third-order valence-electron chi connectivity index (χ3n) is 2.91. The number of rotatable bonds is 2. The second-order valence-electron chi connectivity index (χ2n) is 4.52. The molecule has 0 saturated carbocycles. The van der Waals surface area contributed by atoms with Crippen molar-refractivity contribution in [3.63, 3.8) is 0 Å². The first kappa shape index (κ1) is 11.3. The lowest BCUT2D eigenvalue weighted by molar-refractivity contribution is -0.0832. The van der Waals surface area contributed by atoms with Crippen LogP contribution >= 0.6 is 11.8 Å². The first-order valence-corrected chi connectivity index (χ1v) is 5.61. The Morgan fingerprint density at radius 3 is 1.85 bits per heavy atom. The van der Waals surface area contributed by atoms with Gasteiger partial charge in [0.15, 0.2) is 0 Å². The summed E-state index contributed by atoms with van der Waals surface area (Å²) in [5.74, 6) is 1.50. The summed E-state index contributed by atoms with van der Waals surface area (Å²) in [5.41, 5.74) is -0.944. The highest BCUT2D eigenvalue weighted by Gasteiger charge is 2.48. The molecule has 13 heavy (non-hydrogen) atoms. The van der Waals surface area contributed by atoms with Crippen molar-refractivity contribution in [2.75, 3.05) is 24.7 Å². The van der Waals surface area contributed by atoms with Gasteiger partial charge in [-0.1, -0.05) is 13.8 Å². The third kappa shape index (κ3) is 1.86. The van der Waals surface area contributed by atoms with Crippen LogP contribution in [0.5, 0.6) is 0 Å². The monoisotopic (exact) mass is 206 g/mol. The smallest absolute Gasteiger partial charge is 0.0707 e. The highest BCUT2D eigenvalue weighted by Crippen LogP contribution is 2.43. The van der Waals surface area contributed by atoms with Crippen molar-refractivity contribution in [2.24, 2.45) is 10.8 Å². The van der Waals surface area contributed by atoms with Crippen molar-refractivity contribution in [1.29, 1.82) is 0 Å². The molecular formula is C9H18O3S. The van der Waals surface area contributed by atoms with Gasteiger partial charge < -0.3 is 15.3 Å². The zero-order valence-electron chi connectivity index (χ0n) is 8.16. The van der Waals surface area contributed by atoms with Crippen LogP contribution in [-0.4, -0.2) is 46.1 Å². The molecule has 1 saturated heterocycles. The second-order valence-corrected chi connectivity index (χ2v) is 5.51. The minimum absolute atomic E-state index is 0.0310. The van der Waals surface area contributed by atoms with Gasteiger partial charge in [0.25, 0.3) is 0 Å². The first-order valence-electron chi connectivity index (χ1n) is 4.46. The molecule has 1 fully saturated rings. The van der Waals surface area contributed by atoms with Crippen molar-refractivity contribution in [3.8, 4) is 0 Å². The van der Waals surface area contributed by atoms with Crippen LogP contribution in [0.2, 0.25) is 0 Å². The van der Waals surface area contributed by atoms with Gasteiger partial charge in [0.1, 0.15) is 0 Å². The number of thioether (sulfide) groups is 1. The van der Waals surface area contributed by atoms with E-state index in [0.29, 0.717) is 0 Å². The average molecular weight is 206 g/mol. The molecule has 1 aliphatic rings. The lowest BCUT2D eigenvalue weighted by atomic mass is 9.72. The zero-order chi connectivity index (χ0) is 10.1. The summed E-state index contributed by atoms with van der Waals surface area (Å²) >= 11 is 1.68. The molecule has 0 aromatic rings. The van der Waals surface area contributed by atoms with Gasteiger partial charge >= 0.3 is 0 Å².